The number of nitrogens with one attached hydrogen (secondary N) is 1. The van der Waals surface area contributed by atoms with Gasteiger partial charge in [0, 0.05) is 12.0 Å². The number of aliphatic hydroxyl groups is 1. The Hall–Kier alpha value is -0.570. The minimum atomic E-state index is -0.637. The molecule has 2 saturated carbocycles. The first-order valence-electron chi connectivity index (χ1n) is 7.45. The van der Waals surface area contributed by atoms with Crippen molar-refractivity contribution >= 4 is 5.91 Å². The predicted octanol–water partition coefficient (Wildman–Crippen LogP) is 2.62. The van der Waals surface area contributed by atoms with Crippen LogP contribution in [0.5, 0.6) is 0 Å². The molecule has 0 saturated heterocycles. The maximum Gasteiger partial charge on any atom is 0.226 e. The van der Waals surface area contributed by atoms with Crippen molar-refractivity contribution in [1.29, 1.82) is 0 Å². The molecule has 2 rings (SSSR count). The molecule has 0 heterocycles. The Morgan fingerprint density at radius 1 is 1.22 bits per heavy atom. The maximum atomic E-state index is 12.3. The summed E-state index contributed by atoms with van der Waals surface area (Å²) in [6, 6.07) is 0. The van der Waals surface area contributed by atoms with Crippen molar-refractivity contribution in [3.8, 4) is 0 Å². The molecule has 0 atom stereocenters. The number of rotatable bonds is 4. The van der Waals surface area contributed by atoms with Crippen LogP contribution in [0, 0.1) is 11.3 Å². The quantitative estimate of drug-likeness (QED) is 0.809. The van der Waals surface area contributed by atoms with Crippen LogP contribution in [0.25, 0.3) is 0 Å². The first-order chi connectivity index (χ1) is 8.44. The fourth-order valence-corrected chi connectivity index (χ4v) is 3.52. The fourth-order valence-electron chi connectivity index (χ4n) is 3.52. The van der Waals surface area contributed by atoms with E-state index in [2.05, 4.69) is 19.2 Å². The van der Waals surface area contributed by atoms with Crippen LogP contribution >= 0.6 is 0 Å². The second kappa shape index (κ2) is 5.20. The average molecular weight is 253 g/mol. The lowest BCUT2D eigenvalue weighted by atomic mass is 9.77. The Bertz CT molecular complexity index is 300. The van der Waals surface area contributed by atoms with Gasteiger partial charge in [0.05, 0.1) is 5.60 Å². The highest BCUT2D eigenvalue weighted by Gasteiger charge is 2.39. The third-order valence-electron chi connectivity index (χ3n) is 5.07. The zero-order chi connectivity index (χ0) is 13.2. The fraction of sp³-hybridized carbons (Fsp3) is 0.933. The molecule has 0 aliphatic heterocycles. The van der Waals surface area contributed by atoms with Crippen LogP contribution in [0.2, 0.25) is 0 Å². The Kier molecular flexibility index (Phi) is 4.00. The standard InChI is InChI=1S/C15H27NO2/c1-14(2,12-7-3-4-8-12)13(17)16-11-15(18)9-5-6-10-15/h12,18H,3-11H2,1-2H3,(H,16,17). The molecule has 2 aliphatic rings. The van der Waals surface area contributed by atoms with E-state index in [0.29, 0.717) is 12.5 Å². The van der Waals surface area contributed by atoms with Gasteiger partial charge in [-0.15, -0.1) is 0 Å². The summed E-state index contributed by atoms with van der Waals surface area (Å²) in [7, 11) is 0. The summed E-state index contributed by atoms with van der Waals surface area (Å²) in [5.41, 5.74) is -0.924. The summed E-state index contributed by atoms with van der Waals surface area (Å²) in [4.78, 5) is 12.3. The minimum absolute atomic E-state index is 0.120. The smallest absolute Gasteiger partial charge is 0.226 e. The van der Waals surface area contributed by atoms with Crippen molar-refractivity contribution in [3.05, 3.63) is 0 Å². The predicted molar refractivity (Wildman–Crippen MR) is 72.2 cm³/mol. The summed E-state index contributed by atoms with van der Waals surface area (Å²) in [6.45, 7) is 4.54. The lowest BCUT2D eigenvalue weighted by molar-refractivity contribution is -0.133. The summed E-state index contributed by atoms with van der Waals surface area (Å²) < 4.78 is 0. The highest BCUT2D eigenvalue weighted by Crippen LogP contribution is 2.39. The molecular formula is C15H27NO2. The average Bonchev–Trinajstić information content (AvgIpc) is 2.97. The Balaban J connectivity index is 1.86. The number of hydrogen-bond acceptors (Lipinski definition) is 2. The molecular weight excluding hydrogens is 226 g/mol. The van der Waals surface area contributed by atoms with Crippen molar-refractivity contribution in [2.24, 2.45) is 11.3 Å². The maximum absolute atomic E-state index is 12.3. The first kappa shape index (κ1) is 13.9. The molecule has 3 heteroatoms. The molecule has 0 bridgehead atoms. The number of hydrogen-bond donors (Lipinski definition) is 2. The molecule has 0 aromatic carbocycles. The van der Waals surface area contributed by atoms with E-state index in [9.17, 15) is 9.90 Å². The molecule has 18 heavy (non-hydrogen) atoms. The Morgan fingerprint density at radius 2 is 1.78 bits per heavy atom. The largest absolute Gasteiger partial charge is 0.388 e. The van der Waals surface area contributed by atoms with Crippen molar-refractivity contribution < 1.29 is 9.90 Å². The summed E-state index contributed by atoms with van der Waals surface area (Å²) >= 11 is 0. The summed E-state index contributed by atoms with van der Waals surface area (Å²) in [5.74, 6) is 0.630. The van der Waals surface area contributed by atoms with Crippen LogP contribution < -0.4 is 5.32 Å². The van der Waals surface area contributed by atoms with Crippen LogP contribution in [0.3, 0.4) is 0 Å². The molecule has 0 aromatic rings. The van der Waals surface area contributed by atoms with E-state index in [1.54, 1.807) is 0 Å². The van der Waals surface area contributed by atoms with Gasteiger partial charge in [0.15, 0.2) is 0 Å². The van der Waals surface area contributed by atoms with Crippen LogP contribution in [-0.4, -0.2) is 23.2 Å². The van der Waals surface area contributed by atoms with E-state index in [-0.39, 0.29) is 11.3 Å². The van der Waals surface area contributed by atoms with Gasteiger partial charge in [0.1, 0.15) is 0 Å². The lowest BCUT2D eigenvalue weighted by Gasteiger charge is -2.32. The van der Waals surface area contributed by atoms with Gasteiger partial charge < -0.3 is 10.4 Å². The normalized spacial score (nSPS) is 24.4. The van der Waals surface area contributed by atoms with E-state index in [1.807, 2.05) is 0 Å². The van der Waals surface area contributed by atoms with E-state index < -0.39 is 5.60 Å². The monoisotopic (exact) mass is 253 g/mol. The topological polar surface area (TPSA) is 49.3 Å². The Labute approximate surface area is 110 Å². The number of carbonyl (C=O) groups excluding carboxylic acids is 1. The van der Waals surface area contributed by atoms with Gasteiger partial charge in [-0.05, 0) is 31.6 Å². The van der Waals surface area contributed by atoms with Gasteiger partial charge in [-0.2, -0.15) is 0 Å². The number of amides is 1. The molecule has 0 unspecified atom stereocenters. The molecule has 0 spiro atoms. The first-order valence-corrected chi connectivity index (χ1v) is 7.45. The molecule has 3 nitrogen and oxygen atoms in total. The molecule has 0 aromatic heterocycles. The lowest BCUT2D eigenvalue weighted by Crippen LogP contribution is -2.47. The van der Waals surface area contributed by atoms with Crippen LogP contribution in [0.4, 0.5) is 0 Å². The molecule has 2 N–H and O–H groups in total. The Morgan fingerprint density at radius 3 is 2.33 bits per heavy atom. The van der Waals surface area contributed by atoms with Gasteiger partial charge in [-0.1, -0.05) is 39.5 Å². The highest BCUT2D eigenvalue weighted by molar-refractivity contribution is 5.82. The van der Waals surface area contributed by atoms with Crippen LogP contribution in [0.1, 0.15) is 65.2 Å². The van der Waals surface area contributed by atoms with E-state index in [1.165, 1.54) is 25.7 Å². The van der Waals surface area contributed by atoms with E-state index >= 15 is 0 Å². The molecule has 1 amide bonds. The van der Waals surface area contributed by atoms with E-state index in [0.717, 1.165) is 25.7 Å². The van der Waals surface area contributed by atoms with Crippen molar-refractivity contribution in [1.82, 2.24) is 5.32 Å². The van der Waals surface area contributed by atoms with E-state index in [4.69, 9.17) is 0 Å². The summed E-state index contributed by atoms with van der Waals surface area (Å²) in [5, 5.41) is 13.2. The van der Waals surface area contributed by atoms with Gasteiger partial charge >= 0.3 is 0 Å². The summed E-state index contributed by atoms with van der Waals surface area (Å²) in [6.07, 6.45) is 8.68. The molecule has 2 aliphatic carbocycles. The van der Waals surface area contributed by atoms with Crippen molar-refractivity contribution in [2.75, 3.05) is 6.54 Å². The van der Waals surface area contributed by atoms with Gasteiger partial charge in [-0.25, -0.2) is 0 Å². The molecule has 2 fully saturated rings. The van der Waals surface area contributed by atoms with Crippen molar-refractivity contribution in [2.45, 2.75) is 70.8 Å². The second-order valence-electron chi connectivity index (χ2n) is 6.82. The van der Waals surface area contributed by atoms with Crippen molar-refractivity contribution in [3.63, 3.8) is 0 Å². The number of carbonyl (C=O) groups is 1. The zero-order valence-electron chi connectivity index (χ0n) is 11.8. The third kappa shape index (κ3) is 2.87. The van der Waals surface area contributed by atoms with Gasteiger partial charge in [-0.3, -0.25) is 4.79 Å². The van der Waals surface area contributed by atoms with Gasteiger partial charge in [0.2, 0.25) is 5.91 Å². The SMILES string of the molecule is CC(C)(C(=O)NCC1(O)CCCC1)C1CCCC1. The third-order valence-corrected chi connectivity index (χ3v) is 5.07. The second-order valence-corrected chi connectivity index (χ2v) is 6.82. The van der Waals surface area contributed by atoms with Crippen LogP contribution in [-0.2, 0) is 4.79 Å². The molecule has 0 radical (unpaired) electrons. The highest BCUT2D eigenvalue weighted by atomic mass is 16.3. The molecule has 104 valence electrons. The minimum Gasteiger partial charge on any atom is -0.388 e. The van der Waals surface area contributed by atoms with Crippen LogP contribution in [0.15, 0.2) is 0 Å². The zero-order valence-corrected chi connectivity index (χ0v) is 11.8. The van der Waals surface area contributed by atoms with Gasteiger partial charge in [0.25, 0.3) is 0 Å².